The van der Waals surface area contributed by atoms with E-state index in [0.29, 0.717) is 5.82 Å². The van der Waals surface area contributed by atoms with E-state index in [2.05, 4.69) is 11.4 Å². The number of non-ortho nitro benzene ring substituents is 1. The number of hydrogen-bond acceptors (Lipinski definition) is 5. The number of nitro benzene ring substituents is 1. The smallest absolute Gasteiger partial charge is 0.270 e. The first-order valence-electron chi connectivity index (χ1n) is 8.75. The Morgan fingerprint density at radius 3 is 2.64 bits per heavy atom. The van der Waals surface area contributed by atoms with E-state index in [1.54, 1.807) is 22.5 Å². The van der Waals surface area contributed by atoms with E-state index < -0.39 is 10.8 Å². The molecule has 0 saturated heterocycles. The fourth-order valence-electron chi connectivity index (χ4n) is 3.34. The molecule has 0 spiro atoms. The van der Waals surface area contributed by atoms with E-state index in [0.717, 1.165) is 39.6 Å². The summed E-state index contributed by atoms with van der Waals surface area (Å²) in [5.41, 5.74) is 5.18. The predicted octanol–water partition coefficient (Wildman–Crippen LogP) is 4.40. The number of thioether (sulfide) groups is 1. The van der Waals surface area contributed by atoms with E-state index in [4.69, 9.17) is 5.10 Å². The Hall–Kier alpha value is -3.13. The maximum Gasteiger partial charge on any atom is 0.270 e. The number of amides is 1. The normalized spacial score (nSPS) is 12.6. The van der Waals surface area contributed by atoms with Gasteiger partial charge in [0.05, 0.1) is 16.3 Å². The highest BCUT2D eigenvalue weighted by Gasteiger charge is 2.25. The van der Waals surface area contributed by atoms with Crippen LogP contribution >= 0.6 is 11.8 Å². The lowest BCUT2D eigenvalue weighted by Gasteiger charge is -2.12. The molecule has 0 bridgehead atoms. The van der Waals surface area contributed by atoms with Gasteiger partial charge in [0, 0.05) is 34.8 Å². The summed E-state index contributed by atoms with van der Waals surface area (Å²) in [6.07, 6.45) is 0. The molecule has 0 aliphatic carbocycles. The second-order valence-electron chi connectivity index (χ2n) is 6.79. The third-order valence-electron chi connectivity index (χ3n) is 4.55. The minimum Gasteiger partial charge on any atom is -0.306 e. The Morgan fingerprint density at radius 1 is 1.18 bits per heavy atom. The summed E-state index contributed by atoms with van der Waals surface area (Å²) in [5.74, 6) is 1.80. The molecule has 0 fully saturated rings. The van der Waals surface area contributed by atoms with E-state index >= 15 is 0 Å². The van der Waals surface area contributed by atoms with E-state index in [1.165, 1.54) is 18.2 Å². The number of hydrogen-bond donors (Lipinski definition) is 1. The van der Waals surface area contributed by atoms with Crippen molar-refractivity contribution in [2.45, 2.75) is 25.4 Å². The molecule has 1 amide bonds. The van der Waals surface area contributed by atoms with Gasteiger partial charge in [-0.25, -0.2) is 4.68 Å². The van der Waals surface area contributed by atoms with Crippen LogP contribution in [0.4, 0.5) is 11.5 Å². The average Bonchev–Trinajstić information content (AvgIpc) is 3.23. The van der Waals surface area contributed by atoms with Crippen LogP contribution in [0.2, 0.25) is 0 Å². The van der Waals surface area contributed by atoms with Crippen LogP contribution in [0.1, 0.15) is 32.7 Å². The molecule has 1 aliphatic rings. The molecular weight excluding hydrogens is 376 g/mol. The lowest BCUT2D eigenvalue weighted by molar-refractivity contribution is -0.384. The minimum atomic E-state index is -0.509. The minimum absolute atomic E-state index is 0.115. The third-order valence-corrected chi connectivity index (χ3v) is 5.52. The van der Waals surface area contributed by atoms with Gasteiger partial charge >= 0.3 is 0 Å². The molecule has 1 aliphatic heterocycles. The van der Waals surface area contributed by atoms with Gasteiger partial charge in [-0.15, -0.1) is 0 Å². The largest absolute Gasteiger partial charge is 0.306 e. The molecule has 0 atom stereocenters. The van der Waals surface area contributed by atoms with Gasteiger partial charge in [0.1, 0.15) is 5.82 Å². The van der Waals surface area contributed by atoms with Crippen molar-refractivity contribution in [2.75, 3.05) is 5.32 Å². The van der Waals surface area contributed by atoms with Gasteiger partial charge in [-0.2, -0.15) is 16.9 Å². The fourth-order valence-corrected chi connectivity index (χ4v) is 4.38. The maximum absolute atomic E-state index is 12.8. The molecule has 1 aromatic heterocycles. The maximum atomic E-state index is 12.8. The quantitative estimate of drug-likeness (QED) is 0.523. The van der Waals surface area contributed by atoms with Crippen molar-refractivity contribution in [3.05, 3.63) is 80.5 Å². The molecule has 28 heavy (non-hydrogen) atoms. The molecule has 2 heterocycles. The highest BCUT2D eigenvalue weighted by Crippen LogP contribution is 2.36. The monoisotopic (exact) mass is 394 g/mol. The standard InChI is InChI=1S/C20H18N4O3S/c1-12-6-13(2)8-16(7-12)23-19(17-10-28-11-18(17)22-23)21-20(25)14-4-3-5-15(9-14)24(26)27/h3-9H,10-11H2,1-2H3,(H,21,25). The molecule has 2 aromatic carbocycles. The van der Waals surface area contributed by atoms with Crippen LogP contribution < -0.4 is 5.32 Å². The van der Waals surface area contributed by atoms with Gasteiger partial charge in [-0.3, -0.25) is 14.9 Å². The zero-order valence-corrected chi connectivity index (χ0v) is 16.2. The number of carbonyl (C=O) groups is 1. The van der Waals surface area contributed by atoms with Gasteiger partial charge in [-0.1, -0.05) is 12.1 Å². The Kier molecular flexibility index (Phi) is 4.64. The number of nitrogens with one attached hydrogen (secondary N) is 1. The summed E-state index contributed by atoms with van der Waals surface area (Å²) >= 11 is 1.75. The van der Waals surface area contributed by atoms with Crippen molar-refractivity contribution >= 4 is 29.2 Å². The number of nitro groups is 1. The van der Waals surface area contributed by atoms with Crippen LogP contribution in [-0.2, 0) is 11.5 Å². The van der Waals surface area contributed by atoms with Gasteiger partial charge in [-0.05, 0) is 43.2 Å². The molecule has 3 aromatic rings. The Labute approximate surface area is 165 Å². The SMILES string of the molecule is Cc1cc(C)cc(-n2nc3c(c2NC(=O)c2cccc([N+](=O)[O-])c2)CSC3)c1. The summed E-state index contributed by atoms with van der Waals surface area (Å²) in [6.45, 7) is 4.04. The molecule has 1 N–H and O–H groups in total. The molecule has 0 unspecified atom stereocenters. The first-order valence-corrected chi connectivity index (χ1v) is 9.91. The predicted molar refractivity (Wildman–Crippen MR) is 109 cm³/mol. The van der Waals surface area contributed by atoms with E-state index in [9.17, 15) is 14.9 Å². The highest BCUT2D eigenvalue weighted by atomic mass is 32.2. The molecular formula is C20H18N4O3S. The lowest BCUT2D eigenvalue weighted by atomic mass is 10.1. The van der Waals surface area contributed by atoms with Crippen molar-refractivity contribution < 1.29 is 9.72 Å². The molecule has 7 nitrogen and oxygen atoms in total. The number of carbonyl (C=O) groups excluding carboxylic acids is 1. The molecule has 4 rings (SSSR count). The van der Waals surface area contributed by atoms with Crippen LogP contribution in [0.5, 0.6) is 0 Å². The van der Waals surface area contributed by atoms with Gasteiger partial charge < -0.3 is 5.32 Å². The summed E-state index contributed by atoms with van der Waals surface area (Å²) in [6, 6.07) is 11.8. The van der Waals surface area contributed by atoms with Crippen LogP contribution in [0, 0.1) is 24.0 Å². The average molecular weight is 394 g/mol. The Bertz CT molecular complexity index is 1090. The van der Waals surface area contributed by atoms with Crippen LogP contribution in [-0.4, -0.2) is 20.6 Å². The third kappa shape index (κ3) is 3.38. The molecule has 0 saturated carbocycles. The van der Waals surface area contributed by atoms with Crippen molar-refractivity contribution in [3.63, 3.8) is 0 Å². The van der Waals surface area contributed by atoms with E-state index in [-0.39, 0.29) is 11.3 Å². The van der Waals surface area contributed by atoms with Crippen LogP contribution in [0.25, 0.3) is 5.69 Å². The summed E-state index contributed by atoms with van der Waals surface area (Å²) in [5, 5.41) is 18.7. The topological polar surface area (TPSA) is 90.1 Å². The summed E-state index contributed by atoms with van der Waals surface area (Å²) in [7, 11) is 0. The fraction of sp³-hybridized carbons (Fsp3) is 0.200. The number of rotatable bonds is 4. The van der Waals surface area contributed by atoms with Crippen molar-refractivity contribution in [3.8, 4) is 5.69 Å². The zero-order chi connectivity index (χ0) is 19.8. The highest BCUT2D eigenvalue weighted by molar-refractivity contribution is 7.98. The van der Waals surface area contributed by atoms with Crippen LogP contribution in [0.3, 0.4) is 0 Å². The first kappa shape index (κ1) is 18.2. The van der Waals surface area contributed by atoms with Crippen molar-refractivity contribution in [1.82, 2.24) is 9.78 Å². The Morgan fingerprint density at radius 2 is 1.93 bits per heavy atom. The number of fused-ring (bicyclic) bond motifs is 1. The van der Waals surface area contributed by atoms with Gasteiger partial charge in [0.15, 0.2) is 0 Å². The lowest BCUT2D eigenvalue weighted by Crippen LogP contribution is -2.16. The zero-order valence-electron chi connectivity index (χ0n) is 15.4. The van der Waals surface area contributed by atoms with Crippen molar-refractivity contribution in [2.24, 2.45) is 0 Å². The molecule has 0 radical (unpaired) electrons. The first-order chi connectivity index (χ1) is 13.4. The molecule has 8 heteroatoms. The summed E-state index contributed by atoms with van der Waals surface area (Å²) < 4.78 is 1.76. The summed E-state index contributed by atoms with van der Waals surface area (Å²) in [4.78, 5) is 23.3. The number of anilines is 1. The second kappa shape index (κ2) is 7.12. The number of benzene rings is 2. The number of aromatic nitrogens is 2. The van der Waals surface area contributed by atoms with Crippen molar-refractivity contribution in [1.29, 1.82) is 0 Å². The van der Waals surface area contributed by atoms with E-state index in [1.807, 2.05) is 26.0 Å². The molecule has 142 valence electrons. The van der Waals surface area contributed by atoms with Gasteiger partial charge in [0.25, 0.3) is 11.6 Å². The number of nitrogens with zero attached hydrogens (tertiary/aromatic N) is 3. The second-order valence-corrected chi connectivity index (χ2v) is 7.77. The van der Waals surface area contributed by atoms with Crippen LogP contribution in [0.15, 0.2) is 42.5 Å². The number of aryl methyl sites for hydroxylation is 2. The Balaban J connectivity index is 1.74. The van der Waals surface area contributed by atoms with Gasteiger partial charge in [0.2, 0.25) is 0 Å².